The van der Waals surface area contributed by atoms with Crippen LogP contribution in [0.15, 0.2) is 84.2 Å². The van der Waals surface area contributed by atoms with E-state index >= 15 is 0 Å². The van der Waals surface area contributed by atoms with Gasteiger partial charge in [-0.15, -0.1) is 11.3 Å². The van der Waals surface area contributed by atoms with E-state index in [-0.39, 0.29) is 5.82 Å². The Hall–Kier alpha value is -3.84. The first-order valence-corrected chi connectivity index (χ1v) is 10.7. The molecule has 2 heterocycles. The smallest absolute Gasteiger partial charge is 0.211 e. The van der Waals surface area contributed by atoms with Crippen LogP contribution in [0.3, 0.4) is 0 Å². The van der Waals surface area contributed by atoms with Crippen LogP contribution in [0.2, 0.25) is 0 Å². The molecule has 32 heavy (non-hydrogen) atoms. The van der Waals surface area contributed by atoms with E-state index < -0.39 is 5.82 Å². The number of ether oxygens (including phenoxy) is 1. The van der Waals surface area contributed by atoms with Crippen LogP contribution in [0.4, 0.5) is 8.78 Å². The summed E-state index contributed by atoms with van der Waals surface area (Å²) in [6.07, 6.45) is 0. The Kier molecular flexibility index (Phi) is 5.25. The molecule has 0 N–H and O–H groups in total. The maximum atomic E-state index is 14.7. The first kappa shape index (κ1) is 20.1. The molecular weight excluding hydrogens is 428 g/mol. The van der Waals surface area contributed by atoms with Crippen LogP contribution in [0.5, 0.6) is 5.75 Å². The van der Waals surface area contributed by atoms with Crippen LogP contribution in [-0.4, -0.2) is 21.9 Å². The summed E-state index contributed by atoms with van der Waals surface area (Å²) in [5.74, 6) is -0.0244. The molecule has 0 saturated heterocycles. The molecule has 0 bridgehead atoms. The molecule has 0 radical (unpaired) electrons. The summed E-state index contributed by atoms with van der Waals surface area (Å²) >= 11 is 1.38. The fourth-order valence-electron chi connectivity index (χ4n) is 3.44. The molecule has 5 rings (SSSR count). The summed E-state index contributed by atoms with van der Waals surface area (Å²) < 4.78 is 35.9. The van der Waals surface area contributed by atoms with Gasteiger partial charge in [0, 0.05) is 22.1 Å². The predicted octanol–water partition coefficient (Wildman–Crippen LogP) is 6.62. The van der Waals surface area contributed by atoms with E-state index in [2.05, 4.69) is 5.10 Å². The molecule has 0 fully saturated rings. The number of benzene rings is 3. The lowest BCUT2D eigenvalue weighted by Gasteiger charge is -2.05. The quantitative estimate of drug-likeness (QED) is 0.305. The van der Waals surface area contributed by atoms with E-state index in [0.29, 0.717) is 27.6 Å². The van der Waals surface area contributed by atoms with Crippen LogP contribution in [0.1, 0.15) is 0 Å². The van der Waals surface area contributed by atoms with E-state index in [9.17, 15) is 8.78 Å². The van der Waals surface area contributed by atoms with Gasteiger partial charge in [-0.05, 0) is 54.6 Å². The molecule has 0 unspecified atom stereocenters. The van der Waals surface area contributed by atoms with Gasteiger partial charge >= 0.3 is 0 Å². The highest BCUT2D eigenvalue weighted by Gasteiger charge is 2.19. The second-order valence-electron chi connectivity index (χ2n) is 7.03. The van der Waals surface area contributed by atoms with Crippen molar-refractivity contribution in [3.05, 3.63) is 95.9 Å². The molecule has 0 saturated carbocycles. The Morgan fingerprint density at radius 1 is 0.812 bits per heavy atom. The van der Waals surface area contributed by atoms with Crippen LogP contribution >= 0.6 is 11.3 Å². The second kappa shape index (κ2) is 8.36. The Morgan fingerprint density at radius 3 is 2.12 bits per heavy atom. The average Bonchev–Trinajstić information content (AvgIpc) is 3.47. The van der Waals surface area contributed by atoms with Crippen LogP contribution in [-0.2, 0) is 0 Å². The Bertz CT molecular complexity index is 1390. The number of methoxy groups -OCH3 is 1. The van der Waals surface area contributed by atoms with Gasteiger partial charge in [0.15, 0.2) is 0 Å². The van der Waals surface area contributed by atoms with Crippen molar-refractivity contribution in [3.63, 3.8) is 0 Å². The Labute approximate surface area is 187 Å². The number of halogens is 2. The molecule has 0 spiro atoms. The van der Waals surface area contributed by atoms with Gasteiger partial charge in [0.05, 0.1) is 24.2 Å². The lowest BCUT2D eigenvalue weighted by Crippen LogP contribution is -2.00. The van der Waals surface area contributed by atoms with Crippen molar-refractivity contribution in [1.82, 2.24) is 14.8 Å². The monoisotopic (exact) mass is 445 g/mol. The molecule has 7 heteroatoms. The molecule has 0 amide bonds. The van der Waals surface area contributed by atoms with Crippen LogP contribution in [0, 0.1) is 11.6 Å². The summed E-state index contributed by atoms with van der Waals surface area (Å²) in [5, 5.41) is 7.06. The van der Waals surface area contributed by atoms with Gasteiger partial charge in [0.1, 0.15) is 17.4 Å². The molecule has 158 valence electrons. The minimum Gasteiger partial charge on any atom is -0.497 e. The SMILES string of the molecule is COc1ccc(-c2csc(-n3nc(-c4ccccc4F)cc3-c3ccccc3F)n2)cc1. The first-order valence-electron chi connectivity index (χ1n) is 9.84. The molecule has 5 aromatic rings. The molecule has 4 nitrogen and oxygen atoms in total. The van der Waals surface area contributed by atoms with Crippen molar-refractivity contribution in [3.8, 4) is 44.7 Å². The summed E-state index contributed by atoms with van der Waals surface area (Å²) in [6.45, 7) is 0. The summed E-state index contributed by atoms with van der Waals surface area (Å²) in [6, 6.07) is 22.1. The van der Waals surface area contributed by atoms with Crippen molar-refractivity contribution < 1.29 is 13.5 Å². The van der Waals surface area contributed by atoms with E-state index in [1.54, 1.807) is 54.3 Å². The van der Waals surface area contributed by atoms with Gasteiger partial charge < -0.3 is 4.74 Å². The largest absolute Gasteiger partial charge is 0.497 e. The van der Waals surface area contributed by atoms with Gasteiger partial charge in [0.2, 0.25) is 5.13 Å². The number of rotatable bonds is 5. The number of thiazole rings is 1. The fraction of sp³-hybridized carbons (Fsp3) is 0.0400. The van der Waals surface area contributed by atoms with E-state index in [1.807, 2.05) is 29.6 Å². The molecule has 3 aromatic carbocycles. The number of hydrogen-bond acceptors (Lipinski definition) is 4. The highest BCUT2D eigenvalue weighted by Crippen LogP contribution is 2.33. The standard InChI is InChI=1S/C25H17F2N3OS/c1-31-17-12-10-16(11-13-17)23-15-32-25(28-23)30-24(19-7-3-5-9-21(19)27)14-22(29-30)18-6-2-4-8-20(18)26/h2-15H,1H3. The molecule has 0 aliphatic rings. The third-order valence-corrected chi connectivity index (χ3v) is 5.88. The molecule has 0 atom stereocenters. The summed E-state index contributed by atoms with van der Waals surface area (Å²) in [7, 11) is 1.62. The summed E-state index contributed by atoms with van der Waals surface area (Å²) in [4.78, 5) is 4.71. The van der Waals surface area contributed by atoms with Gasteiger partial charge in [-0.2, -0.15) is 5.10 Å². The molecular formula is C25H17F2N3OS. The van der Waals surface area contributed by atoms with Crippen molar-refractivity contribution >= 4 is 11.3 Å². The zero-order valence-electron chi connectivity index (χ0n) is 17.0. The summed E-state index contributed by atoms with van der Waals surface area (Å²) in [5.41, 5.74) is 3.29. The van der Waals surface area contributed by atoms with E-state index in [4.69, 9.17) is 9.72 Å². The minimum absolute atomic E-state index is 0.343. The van der Waals surface area contributed by atoms with Gasteiger partial charge in [0.25, 0.3) is 0 Å². The highest BCUT2D eigenvalue weighted by atomic mass is 32.1. The second-order valence-corrected chi connectivity index (χ2v) is 7.87. The zero-order valence-corrected chi connectivity index (χ0v) is 17.8. The predicted molar refractivity (Wildman–Crippen MR) is 122 cm³/mol. The zero-order chi connectivity index (χ0) is 22.1. The van der Waals surface area contributed by atoms with E-state index in [0.717, 1.165) is 17.0 Å². The third-order valence-electron chi connectivity index (χ3n) is 5.07. The lowest BCUT2D eigenvalue weighted by molar-refractivity contribution is 0.415. The van der Waals surface area contributed by atoms with Gasteiger partial charge in [-0.3, -0.25) is 0 Å². The number of aromatic nitrogens is 3. The van der Waals surface area contributed by atoms with Crippen LogP contribution < -0.4 is 4.74 Å². The van der Waals surface area contributed by atoms with Crippen molar-refractivity contribution in [2.45, 2.75) is 0 Å². The Balaban J connectivity index is 1.64. The van der Waals surface area contributed by atoms with Gasteiger partial charge in [-0.1, -0.05) is 24.3 Å². The van der Waals surface area contributed by atoms with Crippen molar-refractivity contribution in [2.75, 3.05) is 7.11 Å². The van der Waals surface area contributed by atoms with Crippen molar-refractivity contribution in [2.24, 2.45) is 0 Å². The average molecular weight is 445 g/mol. The molecule has 2 aromatic heterocycles. The highest BCUT2D eigenvalue weighted by molar-refractivity contribution is 7.12. The van der Waals surface area contributed by atoms with E-state index in [1.165, 1.54) is 23.5 Å². The van der Waals surface area contributed by atoms with Crippen molar-refractivity contribution in [1.29, 1.82) is 0 Å². The minimum atomic E-state index is -0.393. The van der Waals surface area contributed by atoms with Gasteiger partial charge in [-0.25, -0.2) is 18.4 Å². The Morgan fingerprint density at radius 2 is 1.47 bits per heavy atom. The lowest BCUT2D eigenvalue weighted by atomic mass is 10.1. The maximum Gasteiger partial charge on any atom is 0.211 e. The van der Waals surface area contributed by atoms with Crippen LogP contribution in [0.25, 0.3) is 38.9 Å². The maximum absolute atomic E-state index is 14.7. The topological polar surface area (TPSA) is 39.9 Å². The third kappa shape index (κ3) is 3.67. The molecule has 0 aliphatic heterocycles. The fourth-order valence-corrected chi connectivity index (χ4v) is 4.24. The first-order chi connectivity index (χ1) is 15.6. The normalized spacial score (nSPS) is 11.0. The molecule has 0 aliphatic carbocycles. The number of hydrogen-bond donors (Lipinski definition) is 0. The number of nitrogens with zero attached hydrogens (tertiary/aromatic N) is 3.